The van der Waals surface area contributed by atoms with Crippen molar-refractivity contribution < 1.29 is 5.21 Å². The molecular formula is C10H13ClIN3O. The predicted molar refractivity (Wildman–Crippen MR) is 75.3 cm³/mol. The molecule has 4 N–H and O–H groups in total. The highest BCUT2D eigenvalue weighted by atomic mass is 127. The van der Waals surface area contributed by atoms with Gasteiger partial charge in [-0.2, -0.15) is 0 Å². The monoisotopic (exact) mass is 353 g/mol. The van der Waals surface area contributed by atoms with Crippen LogP contribution in [0.2, 0.25) is 5.02 Å². The van der Waals surface area contributed by atoms with Crippen molar-refractivity contribution in [2.45, 2.75) is 12.8 Å². The first-order valence-corrected chi connectivity index (χ1v) is 6.24. The topological polar surface area (TPSA) is 70.6 Å². The van der Waals surface area contributed by atoms with Crippen LogP contribution < -0.4 is 11.1 Å². The van der Waals surface area contributed by atoms with E-state index in [4.69, 9.17) is 22.5 Å². The van der Waals surface area contributed by atoms with Gasteiger partial charge in [0.05, 0.1) is 10.7 Å². The molecule has 16 heavy (non-hydrogen) atoms. The van der Waals surface area contributed by atoms with Gasteiger partial charge in [0, 0.05) is 16.5 Å². The standard InChI is InChI=1S/C10H13ClIN3O/c11-8-6-7(12)3-4-9(8)14-5-1-2-10(13)15-16/h3-4,6,14,16H,1-2,5H2,(H2,13,15). The predicted octanol–water partition coefficient (Wildman–Crippen LogP) is 2.88. The summed E-state index contributed by atoms with van der Waals surface area (Å²) in [6.45, 7) is 0.733. The van der Waals surface area contributed by atoms with Gasteiger partial charge in [0.1, 0.15) is 5.84 Å². The summed E-state index contributed by atoms with van der Waals surface area (Å²) < 4.78 is 1.10. The number of nitrogens with zero attached hydrogens (tertiary/aromatic N) is 1. The Labute approximate surface area is 113 Å². The number of nitrogens with one attached hydrogen (secondary N) is 1. The highest BCUT2D eigenvalue weighted by Gasteiger charge is 2.00. The highest BCUT2D eigenvalue weighted by Crippen LogP contribution is 2.23. The average Bonchev–Trinajstić information content (AvgIpc) is 2.26. The van der Waals surface area contributed by atoms with Crippen molar-refractivity contribution in [1.82, 2.24) is 0 Å². The lowest BCUT2D eigenvalue weighted by Gasteiger charge is -2.08. The van der Waals surface area contributed by atoms with Gasteiger partial charge in [-0.3, -0.25) is 0 Å². The molecule has 0 atom stereocenters. The van der Waals surface area contributed by atoms with E-state index in [0.717, 1.165) is 22.2 Å². The Kier molecular flexibility index (Phi) is 5.68. The molecule has 0 spiro atoms. The summed E-state index contributed by atoms with van der Waals surface area (Å²) in [5, 5.41) is 15.1. The fourth-order valence-corrected chi connectivity index (χ4v) is 2.10. The molecule has 0 aliphatic carbocycles. The first-order valence-electron chi connectivity index (χ1n) is 4.79. The molecule has 6 heteroatoms. The summed E-state index contributed by atoms with van der Waals surface area (Å²) >= 11 is 8.25. The Hall–Kier alpha value is -0.690. The molecular weight excluding hydrogens is 340 g/mol. The van der Waals surface area contributed by atoms with Crippen LogP contribution in [0.3, 0.4) is 0 Å². The molecule has 4 nitrogen and oxygen atoms in total. The molecule has 0 aliphatic rings. The summed E-state index contributed by atoms with van der Waals surface area (Å²) in [5.74, 6) is 0.246. The number of halogens is 2. The second-order valence-corrected chi connectivity index (χ2v) is 4.90. The van der Waals surface area contributed by atoms with Crippen molar-refractivity contribution in [3.63, 3.8) is 0 Å². The van der Waals surface area contributed by atoms with E-state index in [1.807, 2.05) is 18.2 Å². The third-order valence-electron chi connectivity index (χ3n) is 1.98. The number of amidine groups is 1. The minimum atomic E-state index is 0.246. The van der Waals surface area contributed by atoms with Crippen molar-refractivity contribution in [2.24, 2.45) is 10.9 Å². The van der Waals surface area contributed by atoms with Crippen LogP contribution in [0.5, 0.6) is 0 Å². The quantitative estimate of drug-likeness (QED) is 0.190. The van der Waals surface area contributed by atoms with Crippen molar-refractivity contribution in [2.75, 3.05) is 11.9 Å². The highest BCUT2D eigenvalue weighted by molar-refractivity contribution is 14.1. The fraction of sp³-hybridized carbons (Fsp3) is 0.300. The van der Waals surface area contributed by atoms with Crippen LogP contribution in [-0.2, 0) is 0 Å². The Morgan fingerprint density at radius 2 is 2.31 bits per heavy atom. The second-order valence-electron chi connectivity index (χ2n) is 3.25. The van der Waals surface area contributed by atoms with E-state index in [2.05, 4.69) is 33.1 Å². The van der Waals surface area contributed by atoms with E-state index >= 15 is 0 Å². The van der Waals surface area contributed by atoms with Crippen LogP contribution in [0.1, 0.15) is 12.8 Å². The van der Waals surface area contributed by atoms with Gasteiger partial charge in [0.15, 0.2) is 0 Å². The van der Waals surface area contributed by atoms with E-state index in [1.54, 1.807) is 0 Å². The maximum Gasteiger partial charge on any atom is 0.139 e. The molecule has 1 aromatic carbocycles. The van der Waals surface area contributed by atoms with Crippen LogP contribution in [0.4, 0.5) is 5.69 Å². The van der Waals surface area contributed by atoms with Crippen LogP contribution >= 0.6 is 34.2 Å². The molecule has 0 unspecified atom stereocenters. The van der Waals surface area contributed by atoms with E-state index in [0.29, 0.717) is 11.4 Å². The number of benzene rings is 1. The van der Waals surface area contributed by atoms with E-state index in [9.17, 15) is 0 Å². The lowest BCUT2D eigenvalue weighted by atomic mass is 10.2. The minimum Gasteiger partial charge on any atom is -0.409 e. The average molecular weight is 354 g/mol. The third-order valence-corrected chi connectivity index (χ3v) is 2.97. The van der Waals surface area contributed by atoms with Crippen molar-refractivity contribution in [1.29, 1.82) is 0 Å². The van der Waals surface area contributed by atoms with Gasteiger partial charge in [0.2, 0.25) is 0 Å². The van der Waals surface area contributed by atoms with Crippen LogP contribution in [0.25, 0.3) is 0 Å². The van der Waals surface area contributed by atoms with Crippen molar-refractivity contribution in [3.05, 3.63) is 26.8 Å². The Morgan fingerprint density at radius 1 is 1.56 bits per heavy atom. The third kappa shape index (κ3) is 4.44. The zero-order valence-electron chi connectivity index (χ0n) is 8.58. The number of anilines is 1. The Balaban J connectivity index is 2.37. The van der Waals surface area contributed by atoms with E-state index < -0.39 is 0 Å². The zero-order valence-corrected chi connectivity index (χ0v) is 11.5. The van der Waals surface area contributed by atoms with E-state index in [1.165, 1.54) is 0 Å². The Morgan fingerprint density at radius 3 is 2.94 bits per heavy atom. The molecule has 0 radical (unpaired) electrons. The smallest absolute Gasteiger partial charge is 0.139 e. The molecule has 1 rings (SSSR count). The van der Waals surface area contributed by atoms with Gasteiger partial charge in [0.25, 0.3) is 0 Å². The SMILES string of the molecule is N/C(CCCNc1ccc(I)cc1Cl)=N/O. The molecule has 1 aromatic rings. The summed E-state index contributed by atoms with van der Waals surface area (Å²) in [6, 6.07) is 5.82. The molecule has 0 aromatic heterocycles. The van der Waals surface area contributed by atoms with Gasteiger partial charge in [-0.25, -0.2) is 0 Å². The first-order chi connectivity index (χ1) is 7.63. The molecule has 0 saturated carbocycles. The number of hydrogen-bond acceptors (Lipinski definition) is 3. The van der Waals surface area contributed by atoms with Gasteiger partial charge in [-0.15, -0.1) is 0 Å². The molecule has 0 amide bonds. The first kappa shape index (κ1) is 13.4. The number of hydrogen-bond donors (Lipinski definition) is 3. The van der Waals surface area contributed by atoms with Gasteiger partial charge < -0.3 is 16.3 Å². The van der Waals surface area contributed by atoms with Crippen molar-refractivity contribution >= 4 is 45.7 Å². The Bertz CT molecular complexity index is 384. The molecule has 0 saturated heterocycles. The number of rotatable bonds is 5. The molecule has 0 fully saturated rings. The van der Waals surface area contributed by atoms with Crippen LogP contribution in [-0.4, -0.2) is 17.6 Å². The summed E-state index contributed by atoms with van der Waals surface area (Å²) in [5.41, 5.74) is 6.25. The summed E-state index contributed by atoms with van der Waals surface area (Å²) in [7, 11) is 0. The summed E-state index contributed by atoms with van der Waals surface area (Å²) in [4.78, 5) is 0. The lowest BCUT2D eigenvalue weighted by molar-refractivity contribution is 0.316. The van der Waals surface area contributed by atoms with Gasteiger partial charge in [-0.05, 0) is 47.2 Å². The molecule has 0 heterocycles. The van der Waals surface area contributed by atoms with Crippen molar-refractivity contribution in [3.8, 4) is 0 Å². The van der Waals surface area contributed by atoms with E-state index in [-0.39, 0.29) is 5.84 Å². The lowest BCUT2D eigenvalue weighted by Crippen LogP contribution is -2.13. The maximum atomic E-state index is 8.35. The maximum absolute atomic E-state index is 8.35. The van der Waals surface area contributed by atoms with Crippen LogP contribution in [0, 0.1) is 3.57 Å². The van der Waals surface area contributed by atoms with Crippen LogP contribution in [0.15, 0.2) is 23.4 Å². The normalized spacial score (nSPS) is 11.5. The molecule has 0 bridgehead atoms. The molecule has 0 aliphatic heterocycles. The molecule has 88 valence electrons. The number of nitrogens with two attached hydrogens (primary N) is 1. The fourth-order valence-electron chi connectivity index (χ4n) is 1.18. The minimum absolute atomic E-state index is 0.246. The van der Waals surface area contributed by atoms with Gasteiger partial charge >= 0.3 is 0 Å². The summed E-state index contributed by atoms with van der Waals surface area (Å²) in [6.07, 6.45) is 1.35. The largest absolute Gasteiger partial charge is 0.409 e. The number of oxime groups is 1. The van der Waals surface area contributed by atoms with Gasteiger partial charge in [-0.1, -0.05) is 16.8 Å². The second kappa shape index (κ2) is 6.80. The zero-order chi connectivity index (χ0) is 12.0.